The van der Waals surface area contributed by atoms with Crippen molar-refractivity contribution in [3.63, 3.8) is 0 Å². The number of thioether (sulfide) groups is 1. The van der Waals surface area contributed by atoms with E-state index in [1.807, 2.05) is 67.8 Å². The van der Waals surface area contributed by atoms with Crippen LogP contribution in [-0.2, 0) is 20.7 Å². The van der Waals surface area contributed by atoms with Gasteiger partial charge in [-0.15, -0.1) is 11.3 Å². The lowest BCUT2D eigenvalue weighted by Gasteiger charge is -2.17. The molecule has 2 aromatic carbocycles. The second-order valence-electron chi connectivity index (χ2n) is 6.80. The van der Waals surface area contributed by atoms with Crippen molar-refractivity contribution in [3.8, 4) is 0 Å². The fourth-order valence-corrected chi connectivity index (χ4v) is 4.88. The number of amides is 1. The van der Waals surface area contributed by atoms with E-state index in [1.165, 1.54) is 23.1 Å². The molecule has 1 N–H and O–H groups in total. The van der Waals surface area contributed by atoms with Crippen LogP contribution in [0, 0.1) is 13.8 Å². The Morgan fingerprint density at radius 3 is 2.67 bits per heavy atom. The number of carbonyl (C=O) groups is 2. The maximum atomic E-state index is 13.2. The number of benzene rings is 2. The highest BCUT2D eigenvalue weighted by molar-refractivity contribution is 8.01. The minimum Gasteiger partial charge on any atom is -0.466 e. The van der Waals surface area contributed by atoms with Gasteiger partial charge in [0, 0.05) is 11.1 Å². The first kappa shape index (κ1) is 22.1. The lowest BCUT2D eigenvalue weighted by atomic mass is 10.1. The summed E-state index contributed by atoms with van der Waals surface area (Å²) in [6.45, 7) is 6.10. The number of aromatic nitrogens is 1. The third kappa shape index (κ3) is 5.93. The number of nitrogens with zero attached hydrogens (tertiary/aromatic N) is 1. The Balaban J connectivity index is 1.80. The van der Waals surface area contributed by atoms with Gasteiger partial charge < -0.3 is 10.1 Å². The molecule has 156 valence electrons. The van der Waals surface area contributed by atoms with Crippen LogP contribution in [0.3, 0.4) is 0 Å². The minimum absolute atomic E-state index is 0.109. The Morgan fingerprint density at radius 1 is 1.17 bits per heavy atom. The third-order valence-corrected chi connectivity index (χ3v) is 6.65. The average Bonchev–Trinajstić information content (AvgIpc) is 3.16. The van der Waals surface area contributed by atoms with Crippen LogP contribution in [0.4, 0.5) is 5.69 Å². The predicted molar refractivity (Wildman–Crippen MR) is 122 cm³/mol. The van der Waals surface area contributed by atoms with Gasteiger partial charge in [-0.1, -0.05) is 54.2 Å². The lowest BCUT2D eigenvalue weighted by Crippen LogP contribution is -2.19. The summed E-state index contributed by atoms with van der Waals surface area (Å²) in [6, 6.07) is 15.6. The van der Waals surface area contributed by atoms with Gasteiger partial charge >= 0.3 is 5.97 Å². The number of ether oxygens (including phenoxy) is 1. The number of esters is 1. The molecule has 0 spiro atoms. The summed E-state index contributed by atoms with van der Waals surface area (Å²) in [5, 5.41) is 4.44. The monoisotopic (exact) mass is 440 g/mol. The highest BCUT2D eigenvalue weighted by Gasteiger charge is 2.24. The molecule has 30 heavy (non-hydrogen) atoms. The van der Waals surface area contributed by atoms with Crippen molar-refractivity contribution in [1.82, 2.24) is 4.98 Å². The molecule has 1 atom stereocenters. The summed E-state index contributed by atoms with van der Waals surface area (Å²) in [4.78, 5) is 29.4. The molecular weight excluding hydrogens is 416 g/mol. The summed E-state index contributed by atoms with van der Waals surface area (Å²) < 4.78 is 5.72. The summed E-state index contributed by atoms with van der Waals surface area (Å²) in [5.74, 6) is -0.409. The van der Waals surface area contributed by atoms with Crippen molar-refractivity contribution >= 4 is 40.7 Å². The van der Waals surface area contributed by atoms with E-state index in [0.29, 0.717) is 12.3 Å². The molecule has 0 aliphatic carbocycles. The smallest absolute Gasteiger partial charge is 0.311 e. The number of thiazole rings is 1. The second-order valence-corrected chi connectivity index (χ2v) is 9.01. The summed E-state index contributed by atoms with van der Waals surface area (Å²) in [7, 11) is 0. The molecule has 0 bridgehead atoms. The van der Waals surface area contributed by atoms with Crippen LogP contribution >= 0.6 is 23.1 Å². The number of rotatable bonds is 8. The topological polar surface area (TPSA) is 68.3 Å². The number of carbonyl (C=O) groups excluding carboxylic acids is 2. The fraction of sp³-hybridized carbons (Fsp3) is 0.261. The lowest BCUT2D eigenvalue weighted by molar-refractivity contribution is -0.142. The third-order valence-electron chi connectivity index (χ3n) is 4.37. The summed E-state index contributed by atoms with van der Waals surface area (Å²) >= 11 is 2.81. The average molecular weight is 441 g/mol. The zero-order valence-corrected chi connectivity index (χ0v) is 18.8. The normalized spacial score (nSPS) is 11.7. The Bertz CT molecular complexity index is 1020. The van der Waals surface area contributed by atoms with Crippen LogP contribution < -0.4 is 5.32 Å². The number of hydrogen-bond donors (Lipinski definition) is 1. The van der Waals surface area contributed by atoms with Crippen molar-refractivity contribution < 1.29 is 14.3 Å². The Morgan fingerprint density at radius 2 is 1.93 bits per heavy atom. The van der Waals surface area contributed by atoms with E-state index in [2.05, 4.69) is 10.3 Å². The molecule has 1 amide bonds. The van der Waals surface area contributed by atoms with Gasteiger partial charge in [-0.2, -0.15) is 0 Å². The standard InChI is InChI=1S/C23H24N2O3S2/c1-4-28-20(26)13-18-14-29-23(24-18)30-21(17-8-6-5-7-9-17)22(27)25-19-12-15(2)10-11-16(19)3/h5-12,14,21H,4,13H2,1-3H3,(H,25,27)/t21-/m0/s1. The second kappa shape index (κ2) is 10.4. The van der Waals surface area contributed by atoms with Gasteiger partial charge in [0.25, 0.3) is 0 Å². The number of anilines is 1. The van der Waals surface area contributed by atoms with Gasteiger partial charge in [0.1, 0.15) is 5.25 Å². The molecule has 0 saturated carbocycles. The van der Waals surface area contributed by atoms with Crippen LogP contribution in [0.25, 0.3) is 0 Å². The molecule has 0 radical (unpaired) electrons. The number of nitrogens with one attached hydrogen (secondary N) is 1. The van der Waals surface area contributed by atoms with E-state index in [1.54, 1.807) is 6.92 Å². The first-order valence-electron chi connectivity index (χ1n) is 9.66. The van der Waals surface area contributed by atoms with Gasteiger partial charge in [-0.3, -0.25) is 9.59 Å². The Hall–Kier alpha value is -2.64. The largest absolute Gasteiger partial charge is 0.466 e. The van der Waals surface area contributed by atoms with Crippen molar-refractivity contribution in [2.75, 3.05) is 11.9 Å². The Labute approximate surface area is 184 Å². The summed E-state index contributed by atoms with van der Waals surface area (Å²) in [6.07, 6.45) is 0.135. The Kier molecular flexibility index (Phi) is 7.65. The maximum Gasteiger partial charge on any atom is 0.311 e. The minimum atomic E-state index is -0.465. The van der Waals surface area contributed by atoms with E-state index in [0.717, 1.165) is 26.7 Å². The predicted octanol–water partition coefficient (Wildman–Crippen LogP) is 5.34. The van der Waals surface area contributed by atoms with Crippen LogP contribution in [0.2, 0.25) is 0 Å². The van der Waals surface area contributed by atoms with Crippen LogP contribution in [-0.4, -0.2) is 23.5 Å². The fourth-order valence-electron chi connectivity index (χ4n) is 2.85. The first-order valence-corrected chi connectivity index (χ1v) is 11.4. The first-order chi connectivity index (χ1) is 14.5. The number of hydrogen-bond acceptors (Lipinski definition) is 6. The molecule has 0 unspecified atom stereocenters. The molecule has 0 fully saturated rings. The molecule has 7 heteroatoms. The highest BCUT2D eigenvalue weighted by Crippen LogP contribution is 2.38. The molecule has 1 aromatic heterocycles. The van der Waals surface area contributed by atoms with Crippen molar-refractivity contribution in [3.05, 3.63) is 76.3 Å². The molecule has 1 heterocycles. The molecule has 0 aliphatic rings. The van der Waals surface area contributed by atoms with Crippen LogP contribution in [0.15, 0.2) is 58.3 Å². The van der Waals surface area contributed by atoms with Crippen molar-refractivity contribution in [1.29, 1.82) is 0 Å². The molecule has 0 aliphatic heterocycles. The maximum absolute atomic E-state index is 13.2. The van der Waals surface area contributed by atoms with E-state index < -0.39 is 5.25 Å². The summed E-state index contributed by atoms with van der Waals surface area (Å²) in [5.41, 5.74) is 4.46. The van der Waals surface area contributed by atoms with Gasteiger partial charge in [0.15, 0.2) is 4.34 Å². The molecule has 5 nitrogen and oxygen atoms in total. The number of aryl methyl sites for hydroxylation is 2. The van der Waals surface area contributed by atoms with Gasteiger partial charge in [-0.25, -0.2) is 4.98 Å². The molecule has 3 aromatic rings. The molecule has 3 rings (SSSR count). The van der Waals surface area contributed by atoms with Gasteiger partial charge in [0.05, 0.1) is 18.7 Å². The quantitative estimate of drug-likeness (QED) is 0.378. The zero-order chi connectivity index (χ0) is 21.5. The van der Waals surface area contributed by atoms with Crippen molar-refractivity contribution in [2.45, 2.75) is 36.8 Å². The van der Waals surface area contributed by atoms with E-state index in [4.69, 9.17) is 4.74 Å². The van der Waals surface area contributed by atoms with E-state index in [-0.39, 0.29) is 18.3 Å². The van der Waals surface area contributed by atoms with E-state index in [9.17, 15) is 9.59 Å². The van der Waals surface area contributed by atoms with Crippen molar-refractivity contribution in [2.24, 2.45) is 0 Å². The van der Waals surface area contributed by atoms with E-state index >= 15 is 0 Å². The molecular formula is C23H24N2O3S2. The van der Waals surface area contributed by atoms with Crippen LogP contribution in [0.5, 0.6) is 0 Å². The SMILES string of the molecule is CCOC(=O)Cc1csc(S[C@H](C(=O)Nc2cc(C)ccc2C)c2ccccc2)n1. The van der Waals surface area contributed by atoms with Crippen LogP contribution in [0.1, 0.15) is 34.6 Å². The molecule has 0 saturated heterocycles. The van der Waals surface area contributed by atoms with Gasteiger partial charge in [0.2, 0.25) is 5.91 Å². The van der Waals surface area contributed by atoms with Gasteiger partial charge in [-0.05, 0) is 43.5 Å². The zero-order valence-electron chi connectivity index (χ0n) is 17.2. The highest BCUT2D eigenvalue weighted by atomic mass is 32.2.